The minimum Gasteiger partial charge on any atom is -0.392 e. The maximum atomic E-state index is 9.45. The van der Waals surface area contributed by atoms with Crippen LogP contribution in [-0.4, -0.2) is 11.2 Å². The molecule has 0 spiro atoms. The fourth-order valence-electron chi connectivity index (χ4n) is 1.32. The maximum absolute atomic E-state index is 9.45. The number of aliphatic hydroxyl groups excluding tert-OH is 1. The third-order valence-corrected chi connectivity index (χ3v) is 1.91. The second kappa shape index (κ2) is 4.69. The first kappa shape index (κ1) is 9.83. The van der Waals surface area contributed by atoms with Crippen molar-refractivity contribution in [2.75, 3.05) is 0 Å². The highest BCUT2D eigenvalue weighted by atomic mass is 16.3. The molecule has 1 unspecified atom stereocenters. The monoisotopic (exact) mass is 174 g/mol. The molecule has 1 atom stereocenters. The first-order chi connectivity index (χ1) is 6.22. The number of rotatable bonds is 3. The lowest BCUT2D eigenvalue weighted by Gasteiger charge is -2.07. The molecule has 0 aliphatic heterocycles. The first-order valence-corrected chi connectivity index (χ1v) is 4.39. The molecule has 0 saturated heterocycles. The lowest BCUT2D eigenvalue weighted by atomic mass is 10.0. The van der Waals surface area contributed by atoms with Crippen molar-refractivity contribution in [3.63, 3.8) is 0 Å². The molecular formula is C12H14O. The molecule has 13 heavy (non-hydrogen) atoms. The molecule has 1 N–H and O–H groups in total. The Morgan fingerprint density at radius 1 is 1.54 bits per heavy atom. The van der Waals surface area contributed by atoms with Crippen LogP contribution >= 0.6 is 0 Å². The third kappa shape index (κ3) is 3.31. The predicted octanol–water partition coefficient (Wildman–Crippen LogP) is 1.92. The van der Waals surface area contributed by atoms with Crippen LogP contribution in [0.2, 0.25) is 0 Å². The molecule has 68 valence electrons. The summed E-state index contributed by atoms with van der Waals surface area (Å²) in [5, 5.41) is 9.45. The van der Waals surface area contributed by atoms with E-state index >= 15 is 0 Å². The van der Waals surface area contributed by atoms with Gasteiger partial charge in [-0.3, -0.25) is 0 Å². The summed E-state index contributed by atoms with van der Waals surface area (Å²) in [5.74, 6) is 2.45. The normalized spacial score (nSPS) is 12.1. The topological polar surface area (TPSA) is 20.2 Å². The summed E-state index contributed by atoms with van der Waals surface area (Å²) in [5.41, 5.74) is 2.35. The summed E-state index contributed by atoms with van der Waals surface area (Å²) in [6.07, 6.45) is 5.76. The van der Waals surface area contributed by atoms with Gasteiger partial charge in [-0.25, -0.2) is 0 Å². The lowest BCUT2D eigenvalue weighted by molar-refractivity contribution is 0.181. The minimum atomic E-state index is -0.410. The summed E-state index contributed by atoms with van der Waals surface area (Å²) >= 11 is 0. The fraction of sp³-hybridized carbons (Fsp3) is 0.333. The summed E-state index contributed by atoms with van der Waals surface area (Å²) in [4.78, 5) is 0. The fourth-order valence-corrected chi connectivity index (χ4v) is 1.32. The molecule has 1 heteroatoms. The molecule has 0 radical (unpaired) electrons. The van der Waals surface area contributed by atoms with Crippen molar-refractivity contribution in [2.45, 2.75) is 25.9 Å². The standard InChI is InChI=1S/C12H14O/c1-3-5-12(13)9-11-7-4-6-10(2)8-11/h1,4,6-8,12-13H,5,9H2,2H3. The molecule has 1 rings (SSSR count). The molecule has 0 heterocycles. The van der Waals surface area contributed by atoms with E-state index in [1.807, 2.05) is 25.1 Å². The van der Waals surface area contributed by atoms with Gasteiger partial charge in [0.05, 0.1) is 6.10 Å². The average molecular weight is 174 g/mol. The Morgan fingerprint density at radius 3 is 2.92 bits per heavy atom. The zero-order valence-corrected chi connectivity index (χ0v) is 7.83. The average Bonchev–Trinajstić information content (AvgIpc) is 2.04. The first-order valence-electron chi connectivity index (χ1n) is 4.39. The van der Waals surface area contributed by atoms with E-state index in [9.17, 15) is 5.11 Å². The van der Waals surface area contributed by atoms with Gasteiger partial charge >= 0.3 is 0 Å². The van der Waals surface area contributed by atoms with E-state index in [1.54, 1.807) is 0 Å². The zero-order valence-electron chi connectivity index (χ0n) is 7.83. The number of hydrogen-bond donors (Lipinski definition) is 1. The maximum Gasteiger partial charge on any atom is 0.0689 e. The Balaban J connectivity index is 2.59. The zero-order chi connectivity index (χ0) is 9.68. The molecule has 0 saturated carbocycles. The van der Waals surface area contributed by atoms with Gasteiger partial charge in [-0.15, -0.1) is 12.3 Å². The molecule has 0 aliphatic carbocycles. The Bertz CT molecular complexity index is 309. The van der Waals surface area contributed by atoms with Gasteiger partial charge in [0.15, 0.2) is 0 Å². The smallest absolute Gasteiger partial charge is 0.0689 e. The molecule has 0 amide bonds. The molecular weight excluding hydrogens is 160 g/mol. The quantitative estimate of drug-likeness (QED) is 0.694. The van der Waals surface area contributed by atoms with Gasteiger partial charge in [-0.1, -0.05) is 29.8 Å². The second-order valence-corrected chi connectivity index (χ2v) is 3.26. The van der Waals surface area contributed by atoms with Gasteiger partial charge in [-0.2, -0.15) is 0 Å². The minimum absolute atomic E-state index is 0.410. The van der Waals surface area contributed by atoms with E-state index in [4.69, 9.17) is 6.42 Å². The van der Waals surface area contributed by atoms with Crippen molar-refractivity contribution in [3.05, 3.63) is 35.4 Å². The molecule has 0 aliphatic rings. The van der Waals surface area contributed by atoms with E-state index in [2.05, 4.69) is 12.0 Å². The van der Waals surface area contributed by atoms with Crippen LogP contribution in [0.1, 0.15) is 17.5 Å². The largest absolute Gasteiger partial charge is 0.392 e. The number of hydrogen-bond acceptors (Lipinski definition) is 1. The molecule has 0 aromatic heterocycles. The van der Waals surface area contributed by atoms with Crippen molar-refractivity contribution in [3.8, 4) is 12.3 Å². The van der Waals surface area contributed by atoms with Crippen LogP contribution in [-0.2, 0) is 6.42 Å². The number of aryl methyl sites for hydroxylation is 1. The van der Waals surface area contributed by atoms with Gasteiger partial charge in [0.25, 0.3) is 0 Å². The van der Waals surface area contributed by atoms with Crippen LogP contribution in [0.15, 0.2) is 24.3 Å². The second-order valence-electron chi connectivity index (χ2n) is 3.26. The summed E-state index contributed by atoms with van der Waals surface area (Å²) < 4.78 is 0. The van der Waals surface area contributed by atoms with Crippen LogP contribution in [0.5, 0.6) is 0 Å². The Hall–Kier alpha value is -1.26. The summed E-state index contributed by atoms with van der Waals surface area (Å²) in [6.45, 7) is 2.04. The summed E-state index contributed by atoms with van der Waals surface area (Å²) in [6, 6.07) is 8.11. The van der Waals surface area contributed by atoms with Crippen LogP contribution in [0.4, 0.5) is 0 Å². The highest BCUT2D eigenvalue weighted by molar-refractivity contribution is 5.22. The van der Waals surface area contributed by atoms with E-state index < -0.39 is 6.10 Å². The van der Waals surface area contributed by atoms with Crippen LogP contribution in [0, 0.1) is 19.3 Å². The van der Waals surface area contributed by atoms with E-state index in [-0.39, 0.29) is 0 Å². The Morgan fingerprint density at radius 2 is 2.31 bits per heavy atom. The van der Waals surface area contributed by atoms with Crippen LogP contribution in [0.25, 0.3) is 0 Å². The van der Waals surface area contributed by atoms with Gasteiger partial charge in [0.2, 0.25) is 0 Å². The number of aliphatic hydroxyl groups is 1. The van der Waals surface area contributed by atoms with E-state index in [0.29, 0.717) is 12.8 Å². The summed E-state index contributed by atoms with van der Waals surface area (Å²) in [7, 11) is 0. The van der Waals surface area contributed by atoms with E-state index in [1.165, 1.54) is 5.56 Å². The van der Waals surface area contributed by atoms with Crippen molar-refractivity contribution in [2.24, 2.45) is 0 Å². The number of terminal acetylenes is 1. The highest BCUT2D eigenvalue weighted by Gasteiger charge is 2.03. The molecule has 1 aromatic carbocycles. The highest BCUT2D eigenvalue weighted by Crippen LogP contribution is 2.07. The van der Waals surface area contributed by atoms with Gasteiger partial charge < -0.3 is 5.11 Å². The predicted molar refractivity (Wildman–Crippen MR) is 54.3 cm³/mol. The SMILES string of the molecule is C#CCC(O)Cc1cccc(C)c1. The van der Waals surface area contributed by atoms with Gasteiger partial charge in [-0.05, 0) is 18.9 Å². The van der Waals surface area contributed by atoms with E-state index in [0.717, 1.165) is 5.56 Å². The van der Waals surface area contributed by atoms with Crippen LogP contribution < -0.4 is 0 Å². The van der Waals surface area contributed by atoms with Gasteiger partial charge in [0, 0.05) is 6.42 Å². The Kier molecular flexibility index (Phi) is 3.54. The van der Waals surface area contributed by atoms with Crippen molar-refractivity contribution in [1.29, 1.82) is 0 Å². The lowest BCUT2D eigenvalue weighted by Crippen LogP contribution is -2.08. The van der Waals surface area contributed by atoms with Crippen molar-refractivity contribution in [1.82, 2.24) is 0 Å². The molecule has 0 bridgehead atoms. The number of benzene rings is 1. The Labute approximate surface area is 79.4 Å². The van der Waals surface area contributed by atoms with Gasteiger partial charge in [0.1, 0.15) is 0 Å². The van der Waals surface area contributed by atoms with Crippen molar-refractivity contribution < 1.29 is 5.11 Å². The van der Waals surface area contributed by atoms with Crippen LogP contribution in [0.3, 0.4) is 0 Å². The van der Waals surface area contributed by atoms with Crippen molar-refractivity contribution >= 4 is 0 Å². The molecule has 0 fully saturated rings. The molecule has 1 nitrogen and oxygen atoms in total. The molecule has 1 aromatic rings. The third-order valence-electron chi connectivity index (χ3n) is 1.91.